The maximum Gasteiger partial charge on any atom is 0.266 e. The number of rotatable bonds is 6. The first kappa shape index (κ1) is 19.0. The zero-order valence-electron chi connectivity index (χ0n) is 14.9. The van der Waals surface area contributed by atoms with E-state index in [0.29, 0.717) is 27.3 Å². The summed E-state index contributed by atoms with van der Waals surface area (Å²) in [6.07, 6.45) is 9.17. The van der Waals surface area contributed by atoms with Crippen LogP contribution >= 0.6 is 24.0 Å². The summed E-state index contributed by atoms with van der Waals surface area (Å²) in [4.78, 5) is 15.4. The number of ether oxygens (including phenoxy) is 2. The summed E-state index contributed by atoms with van der Waals surface area (Å²) in [6.45, 7) is 4.05. The normalized spacial score (nSPS) is 19.9. The van der Waals surface area contributed by atoms with Crippen LogP contribution in [0.2, 0.25) is 0 Å². The van der Waals surface area contributed by atoms with Crippen molar-refractivity contribution in [3.63, 3.8) is 0 Å². The first-order valence-corrected chi connectivity index (χ1v) is 10.1. The molecule has 1 amide bonds. The summed E-state index contributed by atoms with van der Waals surface area (Å²) in [5.74, 6) is 1.24. The molecule has 0 unspecified atom stereocenters. The van der Waals surface area contributed by atoms with Crippen molar-refractivity contribution in [1.29, 1.82) is 0 Å². The molecule has 6 heteroatoms. The van der Waals surface area contributed by atoms with Crippen LogP contribution in [0, 0.1) is 0 Å². The highest BCUT2D eigenvalue weighted by molar-refractivity contribution is 8.26. The van der Waals surface area contributed by atoms with E-state index in [2.05, 4.69) is 6.58 Å². The second-order valence-electron chi connectivity index (χ2n) is 6.32. The Morgan fingerprint density at radius 3 is 2.81 bits per heavy atom. The molecule has 1 heterocycles. The van der Waals surface area contributed by atoms with Gasteiger partial charge in [0, 0.05) is 11.6 Å². The van der Waals surface area contributed by atoms with E-state index in [1.165, 1.54) is 18.2 Å². The molecule has 0 N–H and O–H groups in total. The molecule has 26 heavy (non-hydrogen) atoms. The van der Waals surface area contributed by atoms with Gasteiger partial charge in [-0.2, -0.15) is 0 Å². The van der Waals surface area contributed by atoms with E-state index < -0.39 is 0 Å². The Labute approximate surface area is 164 Å². The van der Waals surface area contributed by atoms with E-state index >= 15 is 0 Å². The quantitative estimate of drug-likeness (QED) is 0.397. The van der Waals surface area contributed by atoms with Crippen molar-refractivity contribution in [2.24, 2.45) is 0 Å². The van der Waals surface area contributed by atoms with E-state index in [-0.39, 0.29) is 11.9 Å². The molecule has 2 aliphatic rings. The topological polar surface area (TPSA) is 38.8 Å². The Bertz CT molecular complexity index is 739. The fourth-order valence-electron chi connectivity index (χ4n) is 3.38. The molecule has 2 fully saturated rings. The molecule has 0 radical (unpaired) electrons. The zero-order valence-corrected chi connectivity index (χ0v) is 16.5. The SMILES string of the molecule is C=CCOc1c(/C=C2/SC(=S)N(C3CCCCC3)C2=O)cccc1OC. The molecule has 4 nitrogen and oxygen atoms in total. The maximum atomic E-state index is 13.0. The van der Waals surface area contributed by atoms with Crippen LogP contribution in [0.5, 0.6) is 11.5 Å². The number of carbonyl (C=O) groups is 1. The Kier molecular flexibility index (Phi) is 6.38. The highest BCUT2D eigenvalue weighted by Gasteiger charge is 2.37. The highest BCUT2D eigenvalue weighted by atomic mass is 32.2. The largest absolute Gasteiger partial charge is 0.493 e. The van der Waals surface area contributed by atoms with Gasteiger partial charge in [-0.3, -0.25) is 9.69 Å². The fraction of sp³-hybridized carbons (Fsp3) is 0.400. The molecule has 1 aliphatic carbocycles. The summed E-state index contributed by atoms with van der Waals surface area (Å²) >= 11 is 6.87. The standard InChI is InChI=1S/C20H23NO3S2/c1-3-12-24-18-14(8-7-11-16(18)23-2)13-17-19(22)21(20(25)26-17)15-9-5-4-6-10-15/h3,7-8,11,13,15H,1,4-6,9-10,12H2,2H3/b17-13+. The summed E-state index contributed by atoms with van der Waals surface area (Å²) in [5, 5.41) is 0. The van der Waals surface area contributed by atoms with Crippen molar-refractivity contribution < 1.29 is 14.3 Å². The summed E-state index contributed by atoms with van der Waals surface area (Å²) in [6, 6.07) is 5.87. The van der Waals surface area contributed by atoms with Gasteiger partial charge in [-0.15, -0.1) is 0 Å². The molecular formula is C20H23NO3S2. The molecule has 0 aromatic heterocycles. The van der Waals surface area contributed by atoms with Crippen LogP contribution in [-0.2, 0) is 4.79 Å². The lowest BCUT2D eigenvalue weighted by molar-refractivity contribution is -0.124. The lowest BCUT2D eigenvalue weighted by atomic mass is 9.94. The maximum absolute atomic E-state index is 13.0. The number of thioether (sulfide) groups is 1. The Morgan fingerprint density at radius 1 is 1.35 bits per heavy atom. The number of hydrogen-bond acceptors (Lipinski definition) is 5. The predicted octanol–water partition coefficient (Wildman–Crippen LogP) is 4.79. The van der Waals surface area contributed by atoms with E-state index in [9.17, 15) is 4.79 Å². The summed E-state index contributed by atoms with van der Waals surface area (Å²) in [7, 11) is 1.60. The molecule has 3 rings (SSSR count). The molecule has 138 valence electrons. The third-order valence-corrected chi connectivity index (χ3v) is 5.96. The molecule has 1 saturated carbocycles. The van der Waals surface area contributed by atoms with E-state index in [1.807, 2.05) is 29.2 Å². The summed E-state index contributed by atoms with van der Waals surface area (Å²) < 4.78 is 11.8. The zero-order chi connectivity index (χ0) is 18.5. The highest BCUT2D eigenvalue weighted by Crippen LogP contribution is 2.39. The third-order valence-electron chi connectivity index (χ3n) is 4.62. The number of methoxy groups -OCH3 is 1. The minimum atomic E-state index is 0.00407. The molecule has 1 aliphatic heterocycles. The van der Waals surface area contributed by atoms with Gasteiger partial charge in [0.25, 0.3) is 5.91 Å². The lowest BCUT2D eigenvalue weighted by Crippen LogP contribution is -2.39. The Morgan fingerprint density at radius 2 is 2.12 bits per heavy atom. The number of hydrogen-bond donors (Lipinski definition) is 0. The molecule has 1 aromatic rings. The van der Waals surface area contributed by atoms with Gasteiger partial charge in [0.05, 0.1) is 12.0 Å². The monoisotopic (exact) mass is 389 g/mol. The minimum absolute atomic E-state index is 0.00407. The van der Waals surface area contributed by atoms with E-state index in [0.717, 1.165) is 31.2 Å². The Balaban J connectivity index is 1.89. The number of thiocarbonyl (C=S) groups is 1. The van der Waals surface area contributed by atoms with Gasteiger partial charge in [-0.1, -0.05) is 68.0 Å². The van der Waals surface area contributed by atoms with Crippen LogP contribution in [0.15, 0.2) is 35.8 Å². The van der Waals surface area contributed by atoms with Gasteiger partial charge in [0.1, 0.15) is 10.9 Å². The van der Waals surface area contributed by atoms with Crippen molar-refractivity contribution in [2.45, 2.75) is 38.1 Å². The predicted molar refractivity (Wildman–Crippen MR) is 111 cm³/mol. The van der Waals surface area contributed by atoms with Crippen LogP contribution in [0.25, 0.3) is 6.08 Å². The van der Waals surface area contributed by atoms with Crippen molar-refractivity contribution >= 4 is 40.3 Å². The van der Waals surface area contributed by atoms with Gasteiger partial charge in [-0.25, -0.2) is 0 Å². The number of amides is 1. The van der Waals surface area contributed by atoms with Crippen molar-refractivity contribution in [2.75, 3.05) is 13.7 Å². The average Bonchev–Trinajstić information content (AvgIpc) is 2.94. The van der Waals surface area contributed by atoms with Gasteiger partial charge >= 0.3 is 0 Å². The number of benzene rings is 1. The van der Waals surface area contributed by atoms with E-state index in [1.54, 1.807) is 13.2 Å². The number of nitrogens with zero attached hydrogens (tertiary/aromatic N) is 1. The van der Waals surface area contributed by atoms with Gasteiger partial charge in [0.2, 0.25) is 0 Å². The average molecular weight is 390 g/mol. The first-order valence-electron chi connectivity index (χ1n) is 8.83. The summed E-state index contributed by atoms with van der Waals surface area (Å²) in [5.41, 5.74) is 0.801. The fourth-order valence-corrected chi connectivity index (χ4v) is 4.77. The number of para-hydroxylation sites is 1. The lowest BCUT2D eigenvalue weighted by Gasteiger charge is -2.29. The van der Waals surface area contributed by atoms with Crippen molar-refractivity contribution in [3.05, 3.63) is 41.3 Å². The molecule has 0 spiro atoms. The van der Waals surface area contributed by atoms with Crippen molar-refractivity contribution in [1.82, 2.24) is 4.90 Å². The molecule has 0 bridgehead atoms. The number of carbonyl (C=O) groups excluding carboxylic acids is 1. The van der Waals surface area contributed by atoms with Crippen LogP contribution in [0.4, 0.5) is 0 Å². The van der Waals surface area contributed by atoms with Crippen LogP contribution < -0.4 is 9.47 Å². The third kappa shape index (κ3) is 3.96. The second-order valence-corrected chi connectivity index (χ2v) is 8.00. The second kappa shape index (κ2) is 8.73. The van der Waals surface area contributed by atoms with Crippen LogP contribution in [0.3, 0.4) is 0 Å². The molecule has 1 aromatic carbocycles. The van der Waals surface area contributed by atoms with Crippen LogP contribution in [0.1, 0.15) is 37.7 Å². The van der Waals surface area contributed by atoms with Crippen molar-refractivity contribution in [3.8, 4) is 11.5 Å². The minimum Gasteiger partial charge on any atom is -0.493 e. The molecular weight excluding hydrogens is 366 g/mol. The molecule has 1 saturated heterocycles. The van der Waals surface area contributed by atoms with Gasteiger partial charge in [-0.05, 0) is 25.0 Å². The van der Waals surface area contributed by atoms with Gasteiger partial charge < -0.3 is 9.47 Å². The van der Waals surface area contributed by atoms with Crippen LogP contribution in [-0.4, -0.2) is 34.9 Å². The Hall–Kier alpha value is -1.79. The molecule has 0 atom stereocenters. The first-order chi connectivity index (χ1) is 12.7. The van der Waals surface area contributed by atoms with Gasteiger partial charge in [0.15, 0.2) is 11.5 Å². The smallest absolute Gasteiger partial charge is 0.266 e. The van der Waals surface area contributed by atoms with E-state index in [4.69, 9.17) is 21.7 Å².